The number of hydrogen-bond donors (Lipinski definition) is 3. The SMILES string of the molecule is O=c1[nH]cc(CN2CCc3[nH]nc(-c4ccc(-c5ccccc5)cc4)c3C2)c(=O)[nH]1. The van der Waals surface area contributed by atoms with E-state index in [9.17, 15) is 9.59 Å². The number of fused-ring (bicyclic) bond motifs is 1. The topological polar surface area (TPSA) is 97.6 Å². The number of nitrogens with one attached hydrogen (secondary N) is 3. The van der Waals surface area contributed by atoms with Crippen LogP contribution in [0.15, 0.2) is 70.4 Å². The lowest BCUT2D eigenvalue weighted by Gasteiger charge is -2.26. The molecule has 7 nitrogen and oxygen atoms in total. The second-order valence-corrected chi connectivity index (χ2v) is 7.53. The molecule has 0 spiro atoms. The Morgan fingerprint density at radius 2 is 1.67 bits per heavy atom. The van der Waals surface area contributed by atoms with Crippen molar-refractivity contribution in [2.45, 2.75) is 19.5 Å². The molecule has 2 aromatic carbocycles. The van der Waals surface area contributed by atoms with Crippen molar-refractivity contribution in [2.24, 2.45) is 0 Å². The summed E-state index contributed by atoms with van der Waals surface area (Å²) in [5.74, 6) is 0. The van der Waals surface area contributed by atoms with Gasteiger partial charge in [-0.3, -0.25) is 19.8 Å². The number of nitrogens with zero attached hydrogens (tertiary/aromatic N) is 2. The summed E-state index contributed by atoms with van der Waals surface area (Å²) in [6.07, 6.45) is 2.33. The molecular formula is C23H21N5O2. The minimum atomic E-state index is -0.485. The van der Waals surface area contributed by atoms with Gasteiger partial charge in [-0.2, -0.15) is 5.10 Å². The molecule has 0 fully saturated rings. The Morgan fingerprint density at radius 1 is 0.933 bits per heavy atom. The lowest BCUT2D eigenvalue weighted by atomic mass is 9.98. The molecule has 0 saturated heterocycles. The van der Waals surface area contributed by atoms with Gasteiger partial charge in [0.25, 0.3) is 5.56 Å². The lowest BCUT2D eigenvalue weighted by Crippen LogP contribution is -2.34. The molecule has 0 bridgehead atoms. The van der Waals surface area contributed by atoms with E-state index in [1.807, 2.05) is 18.2 Å². The predicted molar refractivity (Wildman–Crippen MR) is 115 cm³/mol. The zero-order chi connectivity index (χ0) is 20.5. The highest BCUT2D eigenvalue weighted by Crippen LogP contribution is 2.30. The fraction of sp³-hybridized carbons (Fsp3) is 0.174. The summed E-state index contributed by atoms with van der Waals surface area (Å²) in [7, 11) is 0. The number of aromatic nitrogens is 4. The molecule has 7 heteroatoms. The van der Waals surface area contributed by atoms with Crippen LogP contribution in [-0.4, -0.2) is 31.6 Å². The van der Waals surface area contributed by atoms with E-state index in [0.29, 0.717) is 18.7 Å². The standard InChI is InChI=1S/C23H21N5O2/c29-22-18(12-24-23(30)25-22)13-28-11-10-20-19(14-28)21(27-26-20)17-8-6-16(7-9-17)15-4-2-1-3-5-15/h1-9,12H,10-11,13-14H2,(H,26,27)(H2,24,25,29,30). The van der Waals surface area contributed by atoms with Crippen molar-refractivity contribution < 1.29 is 0 Å². The minimum absolute atomic E-state index is 0.339. The Bertz CT molecular complexity index is 1290. The van der Waals surface area contributed by atoms with E-state index < -0.39 is 5.69 Å². The minimum Gasteiger partial charge on any atom is -0.314 e. The van der Waals surface area contributed by atoms with E-state index in [0.717, 1.165) is 35.5 Å². The molecule has 0 radical (unpaired) electrons. The van der Waals surface area contributed by atoms with Crippen LogP contribution in [0.5, 0.6) is 0 Å². The first kappa shape index (κ1) is 18.3. The summed E-state index contributed by atoms with van der Waals surface area (Å²) in [5.41, 5.74) is 6.40. The number of rotatable bonds is 4. The van der Waals surface area contributed by atoms with E-state index in [1.165, 1.54) is 17.3 Å². The molecule has 0 amide bonds. The van der Waals surface area contributed by atoms with E-state index in [-0.39, 0.29) is 5.56 Å². The van der Waals surface area contributed by atoms with Crippen LogP contribution >= 0.6 is 0 Å². The van der Waals surface area contributed by atoms with Gasteiger partial charge in [-0.1, -0.05) is 54.6 Å². The zero-order valence-corrected chi connectivity index (χ0v) is 16.3. The molecular weight excluding hydrogens is 378 g/mol. The van der Waals surface area contributed by atoms with Gasteiger partial charge in [0.05, 0.1) is 5.69 Å². The van der Waals surface area contributed by atoms with E-state index in [1.54, 1.807) is 0 Å². The van der Waals surface area contributed by atoms with Crippen LogP contribution in [0.4, 0.5) is 0 Å². The number of hydrogen-bond acceptors (Lipinski definition) is 4. The highest BCUT2D eigenvalue weighted by Gasteiger charge is 2.23. The van der Waals surface area contributed by atoms with Crippen molar-refractivity contribution >= 4 is 0 Å². The summed E-state index contributed by atoms with van der Waals surface area (Å²) < 4.78 is 0. The Morgan fingerprint density at radius 3 is 2.43 bits per heavy atom. The quantitative estimate of drug-likeness (QED) is 0.491. The third kappa shape index (κ3) is 3.51. The van der Waals surface area contributed by atoms with Crippen molar-refractivity contribution in [3.05, 3.63) is 98.5 Å². The van der Waals surface area contributed by atoms with Crippen LogP contribution in [0.25, 0.3) is 22.4 Å². The highest BCUT2D eigenvalue weighted by molar-refractivity contribution is 5.70. The normalized spacial score (nSPS) is 13.9. The van der Waals surface area contributed by atoms with Gasteiger partial charge in [-0.25, -0.2) is 4.79 Å². The van der Waals surface area contributed by atoms with Gasteiger partial charge in [-0.05, 0) is 11.1 Å². The maximum Gasteiger partial charge on any atom is 0.325 e. The monoisotopic (exact) mass is 399 g/mol. The summed E-state index contributed by atoms with van der Waals surface area (Å²) >= 11 is 0. The largest absolute Gasteiger partial charge is 0.325 e. The van der Waals surface area contributed by atoms with Crippen LogP contribution in [0.3, 0.4) is 0 Å². The van der Waals surface area contributed by atoms with Crippen LogP contribution < -0.4 is 11.2 Å². The number of aromatic amines is 3. The Hall–Kier alpha value is -3.71. The molecule has 150 valence electrons. The van der Waals surface area contributed by atoms with Crippen molar-refractivity contribution in [2.75, 3.05) is 6.54 Å². The third-order valence-corrected chi connectivity index (χ3v) is 5.57. The van der Waals surface area contributed by atoms with Crippen LogP contribution in [0, 0.1) is 0 Å². The molecule has 0 unspecified atom stereocenters. The van der Waals surface area contributed by atoms with E-state index in [2.05, 4.69) is 61.5 Å². The Labute approximate surface area is 172 Å². The summed E-state index contributed by atoms with van der Waals surface area (Å²) in [4.78, 5) is 30.3. The summed E-state index contributed by atoms with van der Waals surface area (Å²) in [6, 6.07) is 18.7. The zero-order valence-electron chi connectivity index (χ0n) is 16.3. The van der Waals surface area contributed by atoms with Crippen LogP contribution in [0.1, 0.15) is 16.8 Å². The maximum atomic E-state index is 12.0. The third-order valence-electron chi connectivity index (χ3n) is 5.57. The van der Waals surface area contributed by atoms with Gasteiger partial charge in [0.1, 0.15) is 0 Å². The van der Waals surface area contributed by atoms with Crippen LogP contribution in [-0.2, 0) is 19.5 Å². The predicted octanol–water partition coefficient (Wildman–Crippen LogP) is 2.68. The summed E-state index contributed by atoms with van der Waals surface area (Å²) in [6.45, 7) is 1.99. The Kier molecular flexibility index (Phi) is 4.65. The van der Waals surface area contributed by atoms with Crippen molar-refractivity contribution in [3.63, 3.8) is 0 Å². The second kappa shape index (κ2) is 7.61. The first-order valence-electron chi connectivity index (χ1n) is 9.92. The van der Waals surface area contributed by atoms with E-state index >= 15 is 0 Å². The molecule has 1 aliphatic rings. The lowest BCUT2D eigenvalue weighted by molar-refractivity contribution is 0.243. The molecule has 0 saturated carbocycles. The van der Waals surface area contributed by atoms with Gasteiger partial charge < -0.3 is 4.98 Å². The van der Waals surface area contributed by atoms with Gasteiger partial charge in [0.2, 0.25) is 0 Å². The molecule has 30 heavy (non-hydrogen) atoms. The Balaban J connectivity index is 1.39. The average molecular weight is 399 g/mol. The fourth-order valence-corrected chi connectivity index (χ4v) is 3.97. The molecule has 2 aromatic heterocycles. The van der Waals surface area contributed by atoms with Gasteiger partial charge in [0.15, 0.2) is 0 Å². The van der Waals surface area contributed by atoms with Crippen molar-refractivity contribution in [1.29, 1.82) is 0 Å². The smallest absolute Gasteiger partial charge is 0.314 e. The molecule has 0 aliphatic carbocycles. The van der Waals surface area contributed by atoms with Crippen molar-refractivity contribution in [1.82, 2.24) is 25.1 Å². The highest BCUT2D eigenvalue weighted by atomic mass is 16.2. The molecule has 4 aromatic rings. The molecule has 3 N–H and O–H groups in total. The fourth-order valence-electron chi connectivity index (χ4n) is 3.97. The van der Waals surface area contributed by atoms with E-state index in [4.69, 9.17) is 0 Å². The average Bonchev–Trinajstić information content (AvgIpc) is 3.20. The molecule has 3 heterocycles. The maximum absolute atomic E-state index is 12.0. The van der Waals surface area contributed by atoms with Crippen molar-refractivity contribution in [3.8, 4) is 22.4 Å². The number of benzene rings is 2. The second-order valence-electron chi connectivity index (χ2n) is 7.53. The van der Waals surface area contributed by atoms with Crippen LogP contribution in [0.2, 0.25) is 0 Å². The van der Waals surface area contributed by atoms with Gasteiger partial charge >= 0.3 is 5.69 Å². The molecule has 5 rings (SSSR count). The summed E-state index contributed by atoms with van der Waals surface area (Å²) in [5, 5.41) is 7.76. The first-order valence-corrected chi connectivity index (χ1v) is 9.92. The number of H-pyrrole nitrogens is 3. The van der Waals surface area contributed by atoms with Gasteiger partial charge in [0, 0.05) is 54.6 Å². The van der Waals surface area contributed by atoms with Gasteiger partial charge in [-0.15, -0.1) is 0 Å². The molecule has 0 atom stereocenters. The first-order chi connectivity index (χ1) is 14.7. The molecule has 1 aliphatic heterocycles.